The number of nitrogens with two attached hydrogens (primary N) is 1. The van der Waals surface area contributed by atoms with E-state index >= 15 is 0 Å². The maximum absolute atomic E-state index is 11.3. The first-order valence-corrected chi connectivity index (χ1v) is 6.94. The minimum atomic E-state index is -0.385. The summed E-state index contributed by atoms with van der Waals surface area (Å²) in [6.45, 7) is 7.51. The second-order valence-corrected chi connectivity index (χ2v) is 5.41. The van der Waals surface area contributed by atoms with Crippen molar-refractivity contribution < 1.29 is 9.21 Å². The standard InChI is InChI=1S/C14H23N3O2/c1-3-14(4-2)7-8-17(10-14)9-11-5-6-12(19-11)13(18)16-15/h5-6H,3-4,7-10,15H2,1-2H3,(H,16,18). The molecule has 2 heterocycles. The van der Waals surface area contributed by atoms with E-state index in [1.165, 1.54) is 19.3 Å². The molecule has 1 aliphatic heterocycles. The molecule has 1 aromatic heterocycles. The number of likely N-dealkylation sites (tertiary alicyclic amines) is 1. The summed E-state index contributed by atoms with van der Waals surface area (Å²) in [6.07, 6.45) is 3.69. The van der Waals surface area contributed by atoms with E-state index in [0.717, 1.165) is 25.4 Å². The van der Waals surface area contributed by atoms with Gasteiger partial charge < -0.3 is 4.42 Å². The van der Waals surface area contributed by atoms with Crippen LogP contribution in [0, 0.1) is 5.41 Å². The van der Waals surface area contributed by atoms with Crippen molar-refractivity contribution in [2.75, 3.05) is 13.1 Å². The minimum Gasteiger partial charge on any atom is -0.455 e. The van der Waals surface area contributed by atoms with Gasteiger partial charge in [-0.3, -0.25) is 15.1 Å². The third-order valence-electron chi connectivity index (χ3n) is 4.41. The van der Waals surface area contributed by atoms with Crippen molar-refractivity contribution in [3.8, 4) is 0 Å². The number of carbonyl (C=O) groups excluding carboxylic acids is 1. The Labute approximate surface area is 114 Å². The van der Waals surface area contributed by atoms with Crippen LogP contribution < -0.4 is 11.3 Å². The molecular formula is C14H23N3O2. The highest BCUT2D eigenvalue weighted by molar-refractivity contribution is 5.90. The van der Waals surface area contributed by atoms with Gasteiger partial charge in [-0.1, -0.05) is 13.8 Å². The number of hydrogen-bond acceptors (Lipinski definition) is 4. The van der Waals surface area contributed by atoms with Crippen LogP contribution in [0.2, 0.25) is 0 Å². The number of nitrogens with one attached hydrogen (secondary N) is 1. The van der Waals surface area contributed by atoms with E-state index in [2.05, 4.69) is 24.2 Å². The van der Waals surface area contributed by atoms with Crippen molar-refractivity contribution in [2.45, 2.75) is 39.7 Å². The molecule has 5 heteroatoms. The number of hydrogen-bond donors (Lipinski definition) is 2. The summed E-state index contributed by atoms with van der Waals surface area (Å²) in [5.41, 5.74) is 2.54. The molecule has 1 amide bonds. The number of furan rings is 1. The molecular weight excluding hydrogens is 242 g/mol. The third-order valence-corrected chi connectivity index (χ3v) is 4.41. The Hall–Kier alpha value is -1.33. The lowest BCUT2D eigenvalue weighted by atomic mass is 9.82. The van der Waals surface area contributed by atoms with Gasteiger partial charge in [-0.05, 0) is 43.4 Å². The minimum absolute atomic E-state index is 0.272. The van der Waals surface area contributed by atoms with Gasteiger partial charge in [0.25, 0.3) is 0 Å². The van der Waals surface area contributed by atoms with Crippen LogP contribution in [0.4, 0.5) is 0 Å². The molecule has 0 unspecified atom stereocenters. The Morgan fingerprint density at radius 2 is 2.21 bits per heavy atom. The SMILES string of the molecule is CCC1(CC)CCN(Cc2ccc(C(=O)NN)o2)C1. The Morgan fingerprint density at radius 1 is 1.47 bits per heavy atom. The summed E-state index contributed by atoms with van der Waals surface area (Å²) in [5, 5.41) is 0. The van der Waals surface area contributed by atoms with Gasteiger partial charge in [0.15, 0.2) is 5.76 Å². The zero-order chi connectivity index (χ0) is 13.9. The summed E-state index contributed by atoms with van der Waals surface area (Å²) in [4.78, 5) is 13.7. The van der Waals surface area contributed by atoms with Crippen LogP contribution >= 0.6 is 0 Å². The Morgan fingerprint density at radius 3 is 2.79 bits per heavy atom. The fraction of sp³-hybridized carbons (Fsp3) is 0.643. The second kappa shape index (κ2) is 5.75. The first-order valence-electron chi connectivity index (χ1n) is 6.94. The molecule has 1 saturated heterocycles. The van der Waals surface area contributed by atoms with Gasteiger partial charge in [0.05, 0.1) is 6.54 Å². The fourth-order valence-electron chi connectivity index (χ4n) is 2.87. The van der Waals surface area contributed by atoms with Crippen molar-refractivity contribution in [3.63, 3.8) is 0 Å². The molecule has 2 rings (SSSR count). The molecule has 1 aromatic rings. The highest BCUT2D eigenvalue weighted by atomic mass is 16.4. The van der Waals surface area contributed by atoms with Crippen LogP contribution in [0.15, 0.2) is 16.5 Å². The van der Waals surface area contributed by atoms with E-state index < -0.39 is 0 Å². The predicted molar refractivity (Wildman–Crippen MR) is 73.3 cm³/mol. The predicted octanol–water partition coefficient (Wildman–Crippen LogP) is 1.90. The van der Waals surface area contributed by atoms with Crippen molar-refractivity contribution in [1.29, 1.82) is 0 Å². The number of nitrogen functional groups attached to an aromatic ring is 1. The highest BCUT2D eigenvalue weighted by Gasteiger charge is 2.34. The summed E-state index contributed by atoms with van der Waals surface area (Å²) in [6, 6.07) is 3.52. The van der Waals surface area contributed by atoms with Crippen LogP contribution in [0.1, 0.15) is 49.4 Å². The maximum Gasteiger partial charge on any atom is 0.300 e. The van der Waals surface area contributed by atoms with Gasteiger partial charge in [0.2, 0.25) is 0 Å². The monoisotopic (exact) mass is 265 g/mol. The average molecular weight is 265 g/mol. The Kier molecular flexibility index (Phi) is 4.27. The van der Waals surface area contributed by atoms with E-state index in [1.54, 1.807) is 6.07 Å². The van der Waals surface area contributed by atoms with Crippen molar-refractivity contribution in [3.05, 3.63) is 23.7 Å². The molecule has 0 bridgehead atoms. The number of rotatable bonds is 5. The number of nitrogens with zero attached hydrogens (tertiary/aromatic N) is 1. The molecule has 0 aromatic carbocycles. The zero-order valence-electron chi connectivity index (χ0n) is 11.7. The number of amides is 1. The fourth-order valence-corrected chi connectivity index (χ4v) is 2.87. The van der Waals surface area contributed by atoms with Gasteiger partial charge in [0, 0.05) is 6.54 Å². The molecule has 0 spiro atoms. The molecule has 5 nitrogen and oxygen atoms in total. The first kappa shape index (κ1) is 14.1. The maximum atomic E-state index is 11.3. The quantitative estimate of drug-likeness (QED) is 0.484. The smallest absolute Gasteiger partial charge is 0.300 e. The van der Waals surface area contributed by atoms with Crippen LogP contribution in [0.25, 0.3) is 0 Å². The number of hydrazine groups is 1. The normalized spacial score (nSPS) is 18.7. The Bertz CT molecular complexity index is 438. The van der Waals surface area contributed by atoms with E-state index in [1.807, 2.05) is 6.07 Å². The zero-order valence-corrected chi connectivity index (χ0v) is 11.7. The molecule has 106 valence electrons. The van der Waals surface area contributed by atoms with Gasteiger partial charge in [0.1, 0.15) is 5.76 Å². The van der Waals surface area contributed by atoms with Crippen LogP contribution in [-0.4, -0.2) is 23.9 Å². The first-order chi connectivity index (χ1) is 9.12. The molecule has 0 radical (unpaired) electrons. The second-order valence-electron chi connectivity index (χ2n) is 5.41. The third kappa shape index (κ3) is 2.98. The Balaban J connectivity index is 1.96. The lowest BCUT2D eigenvalue weighted by molar-refractivity contribution is 0.0922. The van der Waals surface area contributed by atoms with E-state index in [4.69, 9.17) is 10.3 Å². The molecule has 19 heavy (non-hydrogen) atoms. The number of carbonyl (C=O) groups is 1. The molecule has 1 aliphatic rings. The lowest BCUT2D eigenvalue weighted by Gasteiger charge is -2.26. The van der Waals surface area contributed by atoms with Crippen LogP contribution in [-0.2, 0) is 6.54 Å². The topological polar surface area (TPSA) is 71.5 Å². The van der Waals surface area contributed by atoms with E-state index in [-0.39, 0.29) is 11.7 Å². The van der Waals surface area contributed by atoms with Gasteiger partial charge >= 0.3 is 5.91 Å². The summed E-state index contributed by atoms with van der Waals surface area (Å²) in [7, 11) is 0. The molecule has 1 fully saturated rings. The van der Waals surface area contributed by atoms with Crippen molar-refractivity contribution in [1.82, 2.24) is 10.3 Å². The van der Waals surface area contributed by atoms with E-state index in [9.17, 15) is 4.79 Å². The van der Waals surface area contributed by atoms with Gasteiger partial charge in [-0.2, -0.15) is 0 Å². The van der Waals surface area contributed by atoms with Crippen LogP contribution in [0.5, 0.6) is 0 Å². The molecule has 0 atom stereocenters. The summed E-state index contributed by atoms with van der Waals surface area (Å²) >= 11 is 0. The largest absolute Gasteiger partial charge is 0.455 e. The lowest BCUT2D eigenvalue weighted by Crippen LogP contribution is -2.29. The van der Waals surface area contributed by atoms with Gasteiger partial charge in [-0.15, -0.1) is 0 Å². The van der Waals surface area contributed by atoms with Crippen molar-refractivity contribution >= 4 is 5.91 Å². The summed E-state index contributed by atoms with van der Waals surface area (Å²) < 4.78 is 5.50. The highest BCUT2D eigenvalue weighted by Crippen LogP contribution is 2.37. The molecule has 3 N–H and O–H groups in total. The average Bonchev–Trinajstić information content (AvgIpc) is 3.06. The van der Waals surface area contributed by atoms with Crippen molar-refractivity contribution in [2.24, 2.45) is 11.3 Å². The van der Waals surface area contributed by atoms with E-state index in [0.29, 0.717) is 5.41 Å². The molecule has 0 saturated carbocycles. The van der Waals surface area contributed by atoms with Crippen LogP contribution in [0.3, 0.4) is 0 Å². The molecule has 0 aliphatic carbocycles. The van der Waals surface area contributed by atoms with Gasteiger partial charge in [-0.25, -0.2) is 5.84 Å². The summed E-state index contributed by atoms with van der Waals surface area (Å²) in [5.74, 6) is 5.79.